The molecule has 1 aromatic rings. The Bertz CT molecular complexity index is 1040. The number of H-pyrrole nitrogens is 1. The Labute approximate surface area is 221 Å². The summed E-state index contributed by atoms with van der Waals surface area (Å²) in [5.74, 6) is -7.11. The number of nitrogens with zero attached hydrogens (tertiary/aromatic N) is 2. The number of amides is 3. The number of aromatic amines is 1. The minimum Gasteiger partial charge on any atom is -0.481 e. The van der Waals surface area contributed by atoms with Gasteiger partial charge in [0.25, 0.3) is 0 Å². The molecule has 1 heterocycles. The van der Waals surface area contributed by atoms with Gasteiger partial charge in [-0.15, -0.1) is 0 Å². The van der Waals surface area contributed by atoms with Crippen LogP contribution in [0.2, 0.25) is 0 Å². The number of imidazole rings is 1. The summed E-state index contributed by atoms with van der Waals surface area (Å²) in [5, 5.41) is 34.3. The number of hydrogen-bond acceptors (Lipinski definition) is 9. The van der Waals surface area contributed by atoms with Gasteiger partial charge in [0.15, 0.2) is 5.96 Å². The van der Waals surface area contributed by atoms with E-state index in [4.69, 9.17) is 27.4 Å². The van der Waals surface area contributed by atoms with Crippen LogP contribution < -0.4 is 33.2 Å². The molecule has 13 N–H and O–H groups in total. The van der Waals surface area contributed by atoms with E-state index >= 15 is 0 Å². The van der Waals surface area contributed by atoms with Crippen molar-refractivity contribution in [3.63, 3.8) is 0 Å². The summed E-state index contributed by atoms with van der Waals surface area (Å²) in [5.41, 5.74) is 16.5. The van der Waals surface area contributed by atoms with Crippen LogP contribution in [0.5, 0.6) is 0 Å². The maximum atomic E-state index is 13.0. The molecule has 216 valence electrons. The van der Waals surface area contributed by atoms with E-state index in [1.54, 1.807) is 0 Å². The van der Waals surface area contributed by atoms with Crippen LogP contribution in [0.4, 0.5) is 0 Å². The zero-order chi connectivity index (χ0) is 29.5. The summed E-state index contributed by atoms with van der Waals surface area (Å²) in [4.78, 5) is 82.2. The van der Waals surface area contributed by atoms with Crippen molar-refractivity contribution < 1.29 is 44.1 Å². The highest BCUT2D eigenvalue weighted by Crippen LogP contribution is 2.06. The monoisotopic (exact) mass is 555 g/mol. The lowest BCUT2D eigenvalue weighted by Gasteiger charge is -2.25. The molecule has 39 heavy (non-hydrogen) atoms. The number of aromatic nitrogens is 2. The smallest absolute Gasteiger partial charge is 0.326 e. The maximum absolute atomic E-state index is 13.0. The van der Waals surface area contributed by atoms with Crippen LogP contribution in [-0.4, -0.2) is 97.6 Å². The van der Waals surface area contributed by atoms with Gasteiger partial charge in [0.1, 0.15) is 18.1 Å². The summed E-state index contributed by atoms with van der Waals surface area (Å²) >= 11 is 0. The molecular formula is C21H33N9O9. The molecule has 4 atom stereocenters. The summed E-state index contributed by atoms with van der Waals surface area (Å²) in [7, 11) is 0. The zero-order valence-corrected chi connectivity index (χ0v) is 20.8. The predicted molar refractivity (Wildman–Crippen MR) is 133 cm³/mol. The average Bonchev–Trinajstić information content (AvgIpc) is 3.35. The van der Waals surface area contributed by atoms with E-state index in [0.29, 0.717) is 5.69 Å². The Hall–Kier alpha value is -4.74. The van der Waals surface area contributed by atoms with Crippen LogP contribution in [0, 0.1) is 0 Å². The zero-order valence-electron chi connectivity index (χ0n) is 20.8. The SMILES string of the molecule is NC(N)=NCCCC(NC(=O)C(CCC(=O)O)NC(=O)C(N)CC(=O)O)C(=O)NC(Cc1cnc[nH]1)C(=O)O. The largest absolute Gasteiger partial charge is 0.481 e. The fourth-order valence-electron chi connectivity index (χ4n) is 3.23. The first-order chi connectivity index (χ1) is 18.3. The van der Waals surface area contributed by atoms with Crippen molar-refractivity contribution >= 4 is 41.6 Å². The fourth-order valence-corrected chi connectivity index (χ4v) is 3.23. The molecule has 0 bridgehead atoms. The van der Waals surface area contributed by atoms with E-state index in [1.165, 1.54) is 12.5 Å². The number of carboxylic acids is 3. The average molecular weight is 556 g/mol. The second-order valence-corrected chi connectivity index (χ2v) is 8.39. The van der Waals surface area contributed by atoms with Crippen LogP contribution in [0.1, 0.15) is 37.8 Å². The lowest BCUT2D eigenvalue weighted by Crippen LogP contribution is -2.57. The number of hydrogen-bond donors (Lipinski definition) is 10. The standard InChI is InChI=1S/C21H33N9O9/c22-11(7-16(33)34)17(35)28-13(3-4-15(31)32)19(37)29-12(2-1-5-26-21(23)24)18(36)30-14(20(38)39)6-10-8-25-9-27-10/h8-9,11-14H,1-7,22H2,(H,25,27)(H,28,35)(H,29,37)(H,30,36)(H,31,32)(H,33,34)(H,38,39)(H4,23,24,26). The molecular weight excluding hydrogens is 522 g/mol. The molecule has 0 radical (unpaired) electrons. The molecule has 0 fully saturated rings. The van der Waals surface area contributed by atoms with E-state index in [2.05, 4.69) is 30.9 Å². The number of nitrogens with two attached hydrogens (primary N) is 3. The van der Waals surface area contributed by atoms with Gasteiger partial charge in [0, 0.05) is 31.3 Å². The Balaban J connectivity index is 3.08. The quantitative estimate of drug-likeness (QED) is 0.0472. The van der Waals surface area contributed by atoms with Crippen molar-refractivity contribution in [2.45, 2.75) is 62.7 Å². The first-order valence-electron chi connectivity index (χ1n) is 11.7. The number of rotatable bonds is 18. The lowest BCUT2D eigenvalue weighted by molar-refractivity contribution is -0.142. The Morgan fingerprint density at radius 2 is 1.49 bits per heavy atom. The van der Waals surface area contributed by atoms with E-state index in [9.17, 15) is 33.9 Å². The summed E-state index contributed by atoms with van der Waals surface area (Å²) in [6.45, 7) is 0.0711. The number of aliphatic carboxylic acids is 3. The molecule has 0 saturated carbocycles. The third kappa shape index (κ3) is 12.9. The number of carbonyl (C=O) groups is 6. The molecule has 0 aliphatic carbocycles. The Morgan fingerprint density at radius 1 is 0.897 bits per heavy atom. The van der Waals surface area contributed by atoms with Crippen molar-refractivity contribution in [2.24, 2.45) is 22.2 Å². The van der Waals surface area contributed by atoms with Crippen molar-refractivity contribution in [2.75, 3.05) is 6.54 Å². The van der Waals surface area contributed by atoms with Crippen LogP contribution >= 0.6 is 0 Å². The Morgan fingerprint density at radius 3 is 2.00 bits per heavy atom. The van der Waals surface area contributed by atoms with E-state index < -0.39 is 79.1 Å². The fraction of sp³-hybridized carbons (Fsp3) is 0.524. The minimum atomic E-state index is -1.53. The molecule has 3 amide bonds. The van der Waals surface area contributed by atoms with E-state index in [0.717, 1.165) is 0 Å². The number of aliphatic imine (C=N–C) groups is 1. The van der Waals surface area contributed by atoms with Gasteiger partial charge in [-0.3, -0.25) is 29.0 Å². The van der Waals surface area contributed by atoms with E-state index in [-0.39, 0.29) is 31.8 Å². The summed E-state index contributed by atoms with van der Waals surface area (Å²) < 4.78 is 0. The molecule has 0 aliphatic rings. The van der Waals surface area contributed by atoms with Gasteiger partial charge in [0.05, 0.1) is 18.8 Å². The van der Waals surface area contributed by atoms with Gasteiger partial charge in [-0.2, -0.15) is 0 Å². The lowest BCUT2D eigenvalue weighted by atomic mass is 10.1. The first-order valence-corrected chi connectivity index (χ1v) is 11.7. The third-order valence-corrected chi connectivity index (χ3v) is 5.18. The highest BCUT2D eigenvalue weighted by molar-refractivity contribution is 5.95. The number of carboxylic acid groups (broad SMARTS) is 3. The molecule has 1 rings (SSSR count). The second-order valence-electron chi connectivity index (χ2n) is 8.39. The van der Waals surface area contributed by atoms with Crippen molar-refractivity contribution in [3.8, 4) is 0 Å². The topological polar surface area (TPSA) is 318 Å². The molecule has 0 spiro atoms. The van der Waals surface area contributed by atoms with Gasteiger partial charge >= 0.3 is 17.9 Å². The van der Waals surface area contributed by atoms with Crippen molar-refractivity contribution in [1.29, 1.82) is 0 Å². The normalized spacial score (nSPS) is 13.7. The molecule has 4 unspecified atom stereocenters. The number of nitrogens with one attached hydrogen (secondary N) is 4. The number of carbonyl (C=O) groups excluding carboxylic acids is 3. The second kappa shape index (κ2) is 16.2. The van der Waals surface area contributed by atoms with Gasteiger partial charge in [-0.05, 0) is 19.3 Å². The summed E-state index contributed by atoms with van der Waals surface area (Å²) in [6.07, 6.45) is 0.952. The number of guanidine groups is 1. The maximum Gasteiger partial charge on any atom is 0.326 e. The Kier molecular flexibility index (Phi) is 13.4. The van der Waals surface area contributed by atoms with Crippen molar-refractivity contribution in [1.82, 2.24) is 25.9 Å². The molecule has 18 nitrogen and oxygen atoms in total. The van der Waals surface area contributed by atoms with Gasteiger partial charge in [-0.25, -0.2) is 9.78 Å². The molecule has 0 aliphatic heterocycles. The molecule has 18 heteroatoms. The summed E-state index contributed by atoms with van der Waals surface area (Å²) in [6, 6.07) is -5.76. The van der Waals surface area contributed by atoms with Crippen LogP contribution in [0.15, 0.2) is 17.5 Å². The molecule has 1 aromatic heterocycles. The van der Waals surface area contributed by atoms with E-state index in [1.807, 2.05) is 0 Å². The van der Waals surface area contributed by atoms with Crippen molar-refractivity contribution in [3.05, 3.63) is 18.2 Å². The van der Waals surface area contributed by atoms with Crippen LogP contribution in [0.25, 0.3) is 0 Å². The molecule has 0 saturated heterocycles. The molecule has 0 aromatic carbocycles. The van der Waals surface area contributed by atoms with Gasteiger partial charge in [-0.1, -0.05) is 0 Å². The van der Waals surface area contributed by atoms with Crippen LogP contribution in [0.3, 0.4) is 0 Å². The van der Waals surface area contributed by atoms with Crippen LogP contribution in [-0.2, 0) is 35.2 Å². The van der Waals surface area contributed by atoms with Gasteiger partial charge in [0.2, 0.25) is 17.7 Å². The first kappa shape index (κ1) is 32.3. The van der Waals surface area contributed by atoms with Gasteiger partial charge < -0.3 is 53.5 Å². The third-order valence-electron chi connectivity index (χ3n) is 5.18. The highest BCUT2D eigenvalue weighted by atomic mass is 16.4. The minimum absolute atomic E-state index is 0.0666. The predicted octanol–water partition coefficient (Wildman–Crippen LogP) is -3.79. The highest BCUT2D eigenvalue weighted by Gasteiger charge is 2.31.